The summed E-state index contributed by atoms with van der Waals surface area (Å²) in [5.74, 6) is 1.96. The molecular formula is C12H16O3. The standard InChI is InChI=1S/C12H16O3/c1-7-6-10(7)11-4-3-9(15-11)5-8(2)12(13)14/h3-4,7-8,10H,5-6H2,1-2H3,(H,13,14). The van der Waals surface area contributed by atoms with Crippen LogP contribution >= 0.6 is 0 Å². The fraction of sp³-hybridized carbons (Fsp3) is 0.583. The molecule has 3 atom stereocenters. The van der Waals surface area contributed by atoms with Gasteiger partial charge in [0.05, 0.1) is 5.92 Å². The molecule has 0 aromatic carbocycles. The summed E-state index contributed by atoms with van der Waals surface area (Å²) in [4.78, 5) is 10.7. The number of hydrogen-bond acceptors (Lipinski definition) is 2. The lowest BCUT2D eigenvalue weighted by molar-refractivity contribution is -0.141. The zero-order valence-corrected chi connectivity index (χ0v) is 9.06. The smallest absolute Gasteiger partial charge is 0.306 e. The van der Waals surface area contributed by atoms with Gasteiger partial charge >= 0.3 is 5.97 Å². The molecule has 0 amide bonds. The second-order valence-electron chi connectivity index (χ2n) is 4.57. The maximum absolute atomic E-state index is 10.7. The Labute approximate surface area is 89.1 Å². The van der Waals surface area contributed by atoms with Gasteiger partial charge in [-0.1, -0.05) is 13.8 Å². The third kappa shape index (κ3) is 2.22. The molecule has 3 nitrogen and oxygen atoms in total. The van der Waals surface area contributed by atoms with Crippen molar-refractivity contribution in [3.63, 3.8) is 0 Å². The zero-order valence-electron chi connectivity index (χ0n) is 9.06. The van der Waals surface area contributed by atoms with E-state index < -0.39 is 5.97 Å². The zero-order chi connectivity index (χ0) is 11.0. The van der Waals surface area contributed by atoms with E-state index in [0.717, 1.165) is 17.4 Å². The van der Waals surface area contributed by atoms with E-state index in [-0.39, 0.29) is 5.92 Å². The summed E-state index contributed by atoms with van der Waals surface area (Å²) < 4.78 is 5.64. The first-order valence-electron chi connectivity index (χ1n) is 5.39. The number of aliphatic carboxylic acids is 1. The molecular weight excluding hydrogens is 192 g/mol. The van der Waals surface area contributed by atoms with Crippen molar-refractivity contribution in [2.24, 2.45) is 11.8 Å². The normalized spacial score (nSPS) is 26.3. The van der Waals surface area contributed by atoms with Gasteiger partial charge in [-0.15, -0.1) is 0 Å². The summed E-state index contributed by atoms with van der Waals surface area (Å²) in [6, 6.07) is 3.89. The second-order valence-corrected chi connectivity index (χ2v) is 4.57. The Hall–Kier alpha value is -1.25. The first-order chi connectivity index (χ1) is 7.08. The van der Waals surface area contributed by atoms with Crippen molar-refractivity contribution in [2.75, 3.05) is 0 Å². The van der Waals surface area contributed by atoms with E-state index in [2.05, 4.69) is 6.92 Å². The Morgan fingerprint density at radius 1 is 1.67 bits per heavy atom. The minimum Gasteiger partial charge on any atom is -0.481 e. The van der Waals surface area contributed by atoms with E-state index in [0.29, 0.717) is 12.3 Å². The van der Waals surface area contributed by atoms with Crippen LogP contribution in [-0.2, 0) is 11.2 Å². The minimum atomic E-state index is -0.771. The second kappa shape index (κ2) is 3.72. The summed E-state index contributed by atoms with van der Waals surface area (Å²) in [6.45, 7) is 3.90. The molecule has 1 aromatic heterocycles. The van der Waals surface area contributed by atoms with Crippen molar-refractivity contribution < 1.29 is 14.3 Å². The molecule has 3 heteroatoms. The van der Waals surface area contributed by atoms with Gasteiger partial charge in [-0.05, 0) is 24.5 Å². The number of carboxylic acid groups (broad SMARTS) is 1. The third-order valence-electron chi connectivity index (χ3n) is 3.09. The van der Waals surface area contributed by atoms with Gasteiger partial charge in [0.1, 0.15) is 11.5 Å². The molecule has 0 radical (unpaired) electrons. The number of carbonyl (C=O) groups is 1. The van der Waals surface area contributed by atoms with Crippen LogP contribution in [0.15, 0.2) is 16.5 Å². The van der Waals surface area contributed by atoms with Crippen molar-refractivity contribution in [1.29, 1.82) is 0 Å². The van der Waals surface area contributed by atoms with E-state index in [1.54, 1.807) is 6.92 Å². The van der Waals surface area contributed by atoms with Crippen LogP contribution < -0.4 is 0 Å². The molecule has 1 aromatic rings. The van der Waals surface area contributed by atoms with E-state index >= 15 is 0 Å². The van der Waals surface area contributed by atoms with Crippen molar-refractivity contribution in [3.05, 3.63) is 23.7 Å². The maximum Gasteiger partial charge on any atom is 0.306 e. The van der Waals surface area contributed by atoms with Crippen LogP contribution in [0.2, 0.25) is 0 Å². The van der Waals surface area contributed by atoms with E-state index in [4.69, 9.17) is 9.52 Å². The summed E-state index contributed by atoms with van der Waals surface area (Å²) in [7, 11) is 0. The predicted molar refractivity (Wildman–Crippen MR) is 55.7 cm³/mol. The van der Waals surface area contributed by atoms with Crippen molar-refractivity contribution in [2.45, 2.75) is 32.6 Å². The first-order valence-corrected chi connectivity index (χ1v) is 5.39. The molecule has 1 aliphatic carbocycles. The SMILES string of the molecule is CC(Cc1ccc(C2CC2C)o1)C(=O)O. The molecule has 1 heterocycles. The van der Waals surface area contributed by atoms with Crippen LogP contribution in [0.1, 0.15) is 37.7 Å². The highest BCUT2D eigenvalue weighted by molar-refractivity contribution is 5.69. The van der Waals surface area contributed by atoms with Gasteiger partial charge in [0.2, 0.25) is 0 Å². The molecule has 0 saturated heterocycles. The number of rotatable bonds is 4. The lowest BCUT2D eigenvalue weighted by Gasteiger charge is -2.02. The van der Waals surface area contributed by atoms with Gasteiger partial charge in [-0.25, -0.2) is 0 Å². The molecule has 0 spiro atoms. The maximum atomic E-state index is 10.7. The largest absolute Gasteiger partial charge is 0.481 e. The van der Waals surface area contributed by atoms with Gasteiger partial charge in [-0.2, -0.15) is 0 Å². The molecule has 1 N–H and O–H groups in total. The molecule has 1 fully saturated rings. The Balaban J connectivity index is 1.98. The van der Waals surface area contributed by atoms with Gasteiger partial charge in [0, 0.05) is 12.3 Å². The van der Waals surface area contributed by atoms with Crippen LogP contribution in [0.4, 0.5) is 0 Å². The summed E-state index contributed by atoms with van der Waals surface area (Å²) >= 11 is 0. The molecule has 1 aliphatic rings. The average Bonchev–Trinajstić information content (AvgIpc) is 2.73. The summed E-state index contributed by atoms with van der Waals surface area (Å²) in [6.07, 6.45) is 1.68. The van der Waals surface area contributed by atoms with Crippen molar-refractivity contribution >= 4 is 5.97 Å². The van der Waals surface area contributed by atoms with Crippen LogP contribution in [-0.4, -0.2) is 11.1 Å². The van der Waals surface area contributed by atoms with Gasteiger partial charge < -0.3 is 9.52 Å². The highest BCUT2D eigenvalue weighted by Crippen LogP contribution is 2.47. The summed E-state index contributed by atoms with van der Waals surface area (Å²) in [5, 5.41) is 8.77. The Kier molecular flexibility index (Phi) is 2.55. The van der Waals surface area contributed by atoms with Crippen LogP contribution in [0.5, 0.6) is 0 Å². The molecule has 82 valence electrons. The molecule has 15 heavy (non-hydrogen) atoms. The first kappa shape index (κ1) is 10.3. The van der Waals surface area contributed by atoms with Crippen LogP contribution in [0.25, 0.3) is 0 Å². The predicted octanol–water partition coefficient (Wildman–Crippen LogP) is 2.67. The Morgan fingerprint density at radius 2 is 2.33 bits per heavy atom. The molecule has 1 saturated carbocycles. The lowest BCUT2D eigenvalue weighted by Crippen LogP contribution is -2.11. The van der Waals surface area contributed by atoms with Gasteiger partial charge in [-0.3, -0.25) is 4.79 Å². The molecule has 3 unspecified atom stereocenters. The number of carboxylic acids is 1. The fourth-order valence-corrected chi connectivity index (χ4v) is 1.81. The highest BCUT2D eigenvalue weighted by Gasteiger charge is 2.36. The topological polar surface area (TPSA) is 50.4 Å². The average molecular weight is 208 g/mol. The van der Waals surface area contributed by atoms with E-state index in [1.165, 1.54) is 6.42 Å². The molecule has 2 rings (SSSR count). The lowest BCUT2D eigenvalue weighted by atomic mass is 10.1. The van der Waals surface area contributed by atoms with E-state index in [1.807, 2.05) is 12.1 Å². The quantitative estimate of drug-likeness (QED) is 0.827. The van der Waals surface area contributed by atoms with Crippen LogP contribution in [0.3, 0.4) is 0 Å². The third-order valence-corrected chi connectivity index (χ3v) is 3.09. The van der Waals surface area contributed by atoms with Gasteiger partial charge in [0.25, 0.3) is 0 Å². The Bertz CT molecular complexity index is 367. The summed E-state index contributed by atoms with van der Waals surface area (Å²) in [5.41, 5.74) is 0. The fourth-order valence-electron chi connectivity index (χ4n) is 1.81. The minimum absolute atomic E-state index is 0.374. The number of furan rings is 1. The van der Waals surface area contributed by atoms with Crippen LogP contribution in [0, 0.1) is 11.8 Å². The highest BCUT2D eigenvalue weighted by atomic mass is 16.4. The Morgan fingerprint density at radius 3 is 2.87 bits per heavy atom. The number of hydrogen-bond donors (Lipinski definition) is 1. The van der Waals surface area contributed by atoms with Gasteiger partial charge in [0.15, 0.2) is 0 Å². The molecule has 0 aliphatic heterocycles. The van der Waals surface area contributed by atoms with Crippen molar-refractivity contribution in [3.8, 4) is 0 Å². The van der Waals surface area contributed by atoms with E-state index in [9.17, 15) is 4.79 Å². The monoisotopic (exact) mass is 208 g/mol. The molecule has 0 bridgehead atoms. The van der Waals surface area contributed by atoms with Crippen molar-refractivity contribution in [1.82, 2.24) is 0 Å².